The molecule has 0 atom stereocenters. The Kier molecular flexibility index (Phi) is 4.65. The van der Waals surface area contributed by atoms with Crippen molar-refractivity contribution in [3.63, 3.8) is 0 Å². The van der Waals surface area contributed by atoms with Crippen molar-refractivity contribution in [3.8, 4) is 17.2 Å². The average molecular weight is 469 g/mol. The largest absolute Gasteiger partial charge is 0.467 e. The molecule has 0 bridgehead atoms. The lowest BCUT2D eigenvalue weighted by atomic mass is 10.1. The summed E-state index contributed by atoms with van der Waals surface area (Å²) in [5.74, 6) is 0.521. The van der Waals surface area contributed by atoms with Gasteiger partial charge in [0.1, 0.15) is 17.2 Å². The summed E-state index contributed by atoms with van der Waals surface area (Å²) in [6.07, 6.45) is 3.01. The molecule has 1 aromatic heterocycles. The zero-order chi connectivity index (χ0) is 20.7. The molecule has 5 rings (SSSR count). The first-order chi connectivity index (χ1) is 14.6. The van der Waals surface area contributed by atoms with E-state index in [1.165, 1.54) is 24.5 Å². The molecular formula is C22H13BrO7. The van der Waals surface area contributed by atoms with Gasteiger partial charge in [-0.2, -0.15) is 0 Å². The van der Waals surface area contributed by atoms with Crippen LogP contribution in [0.15, 0.2) is 63.4 Å². The van der Waals surface area contributed by atoms with E-state index < -0.39 is 5.97 Å². The standard InChI is InChI=1S/C22H13BrO7/c23-14-6-12(21-13(7-14)10-26-11-28-21)8-19-20(24)16-4-3-15(9-18(16)30-19)29-22(25)17-2-1-5-27-17/h1-9H,10-11H2. The molecule has 3 aromatic rings. The average Bonchev–Trinajstić information content (AvgIpc) is 3.37. The van der Waals surface area contributed by atoms with E-state index in [2.05, 4.69) is 15.9 Å². The van der Waals surface area contributed by atoms with E-state index in [0.717, 1.165) is 10.0 Å². The van der Waals surface area contributed by atoms with E-state index in [1.807, 2.05) is 12.1 Å². The Morgan fingerprint density at radius 3 is 2.90 bits per heavy atom. The molecule has 7 nitrogen and oxygen atoms in total. The third-order valence-electron chi connectivity index (χ3n) is 4.56. The third-order valence-corrected chi connectivity index (χ3v) is 5.02. The van der Waals surface area contributed by atoms with Crippen LogP contribution in [0.1, 0.15) is 32.0 Å². The van der Waals surface area contributed by atoms with Crippen molar-refractivity contribution in [2.75, 3.05) is 6.79 Å². The van der Waals surface area contributed by atoms with Crippen molar-refractivity contribution in [2.45, 2.75) is 6.61 Å². The summed E-state index contributed by atoms with van der Waals surface area (Å²) in [5, 5.41) is 0. The van der Waals surface area contributed by atoms with Crippen LogP contribution in [0.3, 0.4) is 0 Å². The summed E-state index contributed by atoms with van der Waals surface area (Å²) >= 11 is 3.46. The van der Waals surface area contributed by atoms with E-state index in [1.54, 1.807) is 18.2 Å². The molecule has 0 N–H and O–H groups in total. The molecule has 0 aliphatic carbocycles. The van der Waals surface area contributed by atoms with Crippen LogP contribution in [0, 0.1) is 0 Å². The van der Waals surface area contributed by atoms with Gasteiger partial charge in [-0.05, 0) is 42.5 Å². The van der Waals surface area contributed by atoms with Gasteiger partial charge in [0.25, 0.3) is 0 Å². The number of carbonyl (C=O) groups is 2. The van der Waals surface area contributed by atoms with Crippen LogP contribution < -0.4 is 14.2 Å². The maximum absolute atomic E-state index is 12.8. The summed E-state index contributed by atoms with van der Waals surface area (Å²) in [5.41, 5.74) is 1.95. The maximum atomic E-state index is 12.8. The van der Waals surface area contributed by atoms with Crippen molar-refractivity contribution in [1.82, 2.24) is 0 Å². The second kappa shape index (κ2) is 7.47. The Bertz CT molecular complexity index is 1190. The number of hydrogen-bond donors (Lipinski definition) is 0. The van der Waals surface area contributed by atoms with Crippen LogP contribution in [0.2, 0.25) is 0 Å². The molecule has 8 heteroatoms. The van der Waals surface area contributed by atoms with Gasteiger partial charge in [-0.15, -0.1) is 0 Å². The van der Waals surface area contributed by atoms with Crippen LogP contribution in [0.5, 0.6) is 17.2 Å². The number of furan rings is 1. The summed E-state index contributed by atoms with van der Waals surface area (Å²) in [4.78, 5) is 24.8. The lowest BCUT2D eigenvalue weighted by Gasteiger charge is -2.20. The minimum absolute atomic E-state index is 0.0801. The van der Waals surface area contributed by atoms with Crippen LogP contribution in [-0.2, 0) is 11.3 Å². The van der Waals surface area contributed by atoms with Gasteiger partial charge in [0.15, 0.2) is 12.6 Å². The van der Waals surface area contributed by atoms with Gasteiger partial charge in [-0.1, -0.05) is 15.9 Å². The number of esters is 1. The molecule has 2 aliphatic rings. The first kappa shape index (κ1) is 18.7. The van der Waals surface area contributed by atoms with E-state index in [4.69, 9.17) is 23.4 Å². The molecule has 0 amide bonds. The zero-order valence-electron chi connectivity index (χ0n) is 15.3. The number of ketones is 1. The molecule has 0 saturated heterocycles. The Morgan fingerprint density at radius 2 is 2.07 bits per heavy atom. The summed E-state index contributed by atoms with van der Waals surface area (Å²) in [6.45, 7) is 0.564. The molecule has 3 heterocycles. The molecule has 0 saturated carbocycles. The lowest BCUT2D eigenvalue weighted by Crippen LogP contribution is -2.12. The number of halogens is 1. The molecular weight excluding hydrogens is 456 g/mol. The van der Waals surface area contributed by atoms with E-state index in [-0.39, 0.29) is 29.8 Å². The highest BCUT2D eigenvalue weighted by molar-refractivity contribution is 9.10. The third kappa shape index (κ3) is 3.40. The van der Waals surface area contributed by atoms with Gasteiger partial charge in [0, 0.05) is 21.7 Å². The van der Waals surface area contributed by atoms with Crippen LogP contribution >= 0.6 is 15.9 Å². The topological polar surface area (TPSA) is 84.2 Å². The second-order valence-corrected chi connectivity index (χ2v) is 7.47. The molecule has 30 heavy (non-hydrogen) atoms. The predicted octanol–water partition coefficient (Wildman–Crippen LogP) is 4.74. The van der Waals surface area contributed by atoms with Crippen molar-refractivity contribution in [2.24, 2.45) is 0 Å². The highest BCUT2D eigenvalue weighted by Crippen LogP contribution is 2.38. The number of allylic oxidation sites excluding steroid dienone is 1. The van der Waals surface area contributed by atoms with Crippen molar-refractivity contribution >= 4 is 33.8 Å². The Hall–Kier alpha value is -3.36. The van der Waals surface area contributed by atoms with Crippen molar-refractivity contribution in [1.29, 1.82) is 0 Å². The molecule has 150 valence electrons. The van der Waals surface area contributed by atoms with Crippen LogP contribution in [0.25, 0.3) is 6.08 Å². The van der Waals surface area contributed by atoms with Crippen LogP contribution in [0.4, 0.5) is 0 Å². The summed E-state index contributed by atoms with van der Waals surface area (Å²) in [6, 6.07) is 11.4. The number of rotatable bonds is 3. The highest BCUT2D eigenvalue weighted by Gasteiger charge is 2.29. The fraction of sp³-hybridized carbons (Fsp3) is 0.0909. The zero-order valence-corrected chi connectivity index (χ0v) is 16.9. The molecule has 0 radical (unpaired) electrons. The number of benzene rings is 2. The van der Waals surface area contributed by atoms with E-state index in [0.29, 0.717) is 29.2 Å². The SMILES string of the molecule is O=C(Oc1ccc2c(c1)OC(=Cc1cc(Br)cc3c1OCOC3)C2=O)c1ccco1. The maximum Gasteiger partial charge on any atom is 0.379 e. The monoisotopic (exact) mass is 468 g/mol. The number of ether oxygens (including phenoxy) is 4. The minimum atomic E-state index is -0.639. The predicted molar refractivity (Wildman–Crippen MR) is 107 cm³/mol. The van der Waals surface area contributed by atoms with Crippen molar-refractivity contribution in [3.05, 3.63) is 81.4 Å². The highest BCUT2D eigenvalue weighted by atomic mass is 79.9. The number of hydrogen-bond acceptors (Lipinski definition) is 7. The van der Waals surface area contributed by atoms with E-state index >= 15 is 0 Å². The van der Waals surface area contributed by atoms with Gasteiger partial charge in [0.2, 0.25) is 11.5 Å². The second-order valence-electron chi connectivity index (χ2n) is 6.56. The summed E-state index contributed by atoms with van der Waals surface area (Å²) in [7, 11) is 0. The Balaban J connectivity index is 1.43. The minimum Gasteiger partial charge on any atom is -0.467 e. The first-order valence-corrected chi connectivity index (χ1v) is 9.75. The molecule has 0 fully saturated rings. The normalized spacial score (nSPS) is 15.9. The number of Topliss-reactive ketones (excluding diaryl/α,β-unsaturated/α-hetero) is 1. The van der Waals surface area contributed by atoms with E-state index in [9.17, 15) is 9.59 Å². The fourth-order valence-corrected chi connectivity index (χ4v) is 3.76. The van der Waals surface area contributed by atoms with Gasteiger partial charge in [0.05, 0.1) is 18.4 Å². The Labute approximate surface area is 178 Å². The molecule has 0 unspecified atom stereocenters. The molecule has 2 aromatic carbocycles. The van der Waals surface area contributed by atoms with Crippen LogP contribution in [-0.4, -0.2) is 18.5 Å². The van der Waals surface area contributed by atoms with Crippen molar-refractivity contribution < 1.29 is 33.0 Å². The smallest absolute Gasteiger partial charge is 0.379 e. The van der Waals surface area contributed by atoms with Gasteiger partial charge >= 0.3 is 5.97 Å². The lowest BCUT2D eigenvalue weighted by molar-refractivity contribution is -0.0165. The number of carbonyl (C=O) groups excluding carboxylic acids is 2. The molecule has 2 aliphatic heterocycles. The van der Waals surface area contributed by atoms with Gasteiger partial charge in [-0.25, -0.2) is 4.79 Å². The first-order valence-electron chi connectivity index (χ1n) is 8.95. The Morgan fingerprint density at radius 1 is 1.17 bits per heavy atom. The quantitative estimate of drug-likeness (QED) is 0.311. The molecule has 0 spiro atoms. The fourth-order valence-electron chi connectivity index (χ4n) is 3.24. The van der Waals surface area contributed by atoms with Gasteiger partial charge in [-0.3, -0.25) is 4.79 Å². The summed E-state index contributed by atoms with van der Waals surface area (Å²) < 4.78 is 27.8. The number of fused-ring (bicyclic) bond motifs is 2. The van der Waals surface area contributed by atoms with Gasteiger partial charge < -0.3 is 23.4 Å².